The van der Waals surface area contributed by atoms with E-state index in [1.807, 2.05) is 0 Å². The molecule has 0 atom stereocenters. The highest BCUT2D eigenvalue weighted by atomic mass is 35.5. The first-order valence-corrected chi connectivity index (χ1v) is 5.85. The molecular formula is C12H13ClN2O4. The van der Waals surface area contributed by atoms with Crippen LogP contribution in [0.15, 0.2) is 24.3 Å². The number of benzene rings is 1. The number of hydrogen-bond acceptors (Lipinski definition) is 3. The largest absolute Gasteiger partial charge is 0.480 e. The van der Waals surface area contributed by atoms with Gasteiger partial charge in [0.1, 0.15) is 6.54 Å². The lowest BCUT2D eigenvalue weighted by atomic mass is 10.1. The predicted molar refractivity (Wildman–Crippen MR) is 68.8 cm³/mol. The quantitative estimate of drug-likeness (QED) is 0.695. The summed E-state index contributed by atoms with van der Waals surface area (Å²) in [5.74, 6) is -2.03. The zero-order valence-electron chi connectivity index (χ0n) is 9.98. The lowest BCUT2D eigenvalue weighted by Gasteiger charge is -2.05. The molecule has 0 aliphatic carbocycles. The highest BCUT2D eigenvalue weighted by molar-refractivity contribution is 6.30. The van der Waals surface area contributed by atoms with Crippen molar-refractivity contribution in [3.8, 4) is 0 Å². The third kappa shape index (κ3) is 6.42. The van der Waals surface area contributed by atoms with Crippen molar-refractivity contribution in [2.24, 2.45) is 0 Å². The highest BCUT2D eigenvalue weighted by Crippen LogP contribution is 2.10. The normalized spacial score (nSPS) is 9.74. The molecule has 6 nitrogen and oxygen atoms in total. The van der Waals surface area contributed by atoms with Crippen LogP contribution in [0.4, 0.5) is 0 Å². The van der Waals surface area contributed by atoms with Crippen LogP contribution in [0, 0.1) is 0 Å². The van der Waals surface area contributed by atoms with Crippen molar-refractivity contribution < 1.29 is 19.5 Å². The average molecular weight is 285 g/mol. The van der Waals surface area contributed by atoms with Gasteiger partial charge in [0.05, 0.1) is 13.0 Å². The third-order valence-electron chi connectivity index (χ3n) is 2.14. The Bertz CT molecular complexity index is 490. The van der Waals surface area contributed by atoms with Crippen LogP contribution in [-0.4, -0.2) is 36.0 Å². The van der Waals surface area contributed by atoms with E-state index in [-0.39, 0.29) is 18.9 Å². The van der Waals surface area contributed by atoms with Crippen LogP contribution in [0.2, 0.25) is 5.02 Å². The highest BCUT2D eigenvalue weighted by Gasteiger charge is 2.07. The maximum absolute atomic E-state index is 11.5. The first-order valence-electron chi connectivity index (χ1n) is 5.47. The zero-order valence-corrected chi connectivity index (χ0v) is 10.7. The summed E-state index contributed by atoms with van der Waals surface area (Å²) in [4.78, 5) is 32.9. The van der Waals surface area contributed by atoms with E-state index in [0.29, 0.717) is 5.02 Å². The number of nitrogens with one attached hydrogen (secondary N) is 2. The second kappa shape index (κ2) is 7.38. The fourth-order valence-electron chi connectivity index (χ4n) is 1.31. The first-order chi connectivity index (χ1) is 8.97. The van der Waals surface area contributed by atoms with Crippen molar-refractivity contribution in [3.05, 3.63) is 34.9 Å². The van der Waals surface area contributed by atoms with E-state index in [0.717, 1.165) is 5.56 Å². The molecule has 1 aromatic carbocycles. The maximum Gasteiger partial charge on any atom is 0.322 e. The molecule has 3 N–H and O–H groups in total. The zero-order chi connectivity index (χ0) is 14.3. The van der Waals surface area contributed by atoms with Crippen molar-refractivity contribution in [2.45, 2.75) is 6.42 Å². The van der Waals surface area contributed by atoms with Gasteiger partial charge >= 0.3 is 5.97 Å². The fraction of sp³-hybridized carbons (Fsp3) is 0.250. The van der Waals surface area contributed by atoms with E-state index in [1.54, 1.807) is 24.3 Å². The van der Waals surface area contributed by atoms with Crippen LogP contribution in [-0.2, 0) is 20.8 Å². The van der Waals surface area contributed by atoms with E-state index in [1.165, 1.54) is 0 Å². The molecule has 0 unspecified atom stereocenters. The third-order valence-corrected chi connectivity index (χ3v) is 2.37. The average Bonchev–Trinajstić information content (AvgIpc) is 2.34. The van der Waals surface area contributed by atoms with Crippen molar-refractivity contribution in [1.29, 1.82) is 0 Å². The van der Waals surface area contributed by atoms with E-state index in [9.17, 15) is 14.4 Å². The van der Waals surface area contributed by atoms with Gasteiger partial charge in [-0.15, -0.1) is 0 Å². The van der Waals surface area contributed by atoms with E-state index in [4.69, 9.17) is 16.7 Å². The Morgan fingerprint density at radius 2 is 1.79 bits per heavy atom. The Hall–Kier alpha value is -2.08. The minimum atomic E-state index is -1.14. The van der Waals surface area contributed by atoms with Gasteiger partial charge in [0.2, 0.25) is 11.8 Å². The van der Waals surface area contributed by atoms with Crippen LogP contribution in [0.3, 0.4) is 0 Å². The van der Waals surface area contributed by atoms with Crippen molar-refractivity contribution in [1.82, 2.24) is 10.6 Å². The van der Waals surface area contributed by atoms with E-state index >= 15 is 0 Å². The molecule has 1 rings (SSSR count). The summed E-state index contributed by atoms with van der Waals surface area (Å²) in [6, 6.07) is 6.83. The molecule has 0 spiro atoms. The van der Waals surface area contributed by atoms with Gasteiger partial charge in [-0.2, -0.15) is 0 Å². The summed E-state index contributed by atoms with van der Waals surface area (Å²) in [7, 11) is 0. The SMILES string of the molecule is O=C(O)CNC(=O)CNC(=O)Cc1cccc(Cl)c1. The number of rotatable bonds is 6. The van der Waals surface area contributed by atoms with Gasteiger partial charge in [-0.3, -0.25) is 14.4 Å². The van der Waals surface area contributed by atoms with Crippen LogP contribution in [0.1, 0.15) is 5.56 Å². The standard InChI is InChI=1S/C12H13ClN2O4/c13-9-3-1-2-8(4-9)5-10(16)14-6-11(17)15-7-12(18)19/h1-4H,5-7H2,(H,14,16)(H,15,17)(H,18,19). The molecule has 0 aliphatic heterocycles. The lowest BCUT2D eigenvalue weighted by molar-refractivity contribution is -0.137. The molecule has 7 heteroatoms. The topological polar surface area (TPSA) is 95.5 Å². The number of carbonyl (C=O) groups is 3. The molecular weight excluding hydrogens is 272 g/mol. The summed E-state index contributed by atoms with van der Waals surface area (Å²) in [6.07, 6.45) is 0.104. The molecule has 0 aromatic heterocycles. The van der Waals surface area contributed by atoms with Crippen LogP contribution in [0.5, 0.6) is 0 Å². The molecule has 1 aromatic rings. The van der Waals surface area contributed by atoms with Crippen molar-refractivity contribution >= 4 is 29.4 Å². The summed E-state index contributed by atoms with van der Waals surface area (Å²) in [5, 5.41) is 13.4. The van der Waals surface area contributed by atoms with E-state index < -0.39 is 18.4 Å². The molecule has 0 radical (unpaired) electrons. The number of amides is 2. The summed E-state index contributed by atoms with van der Waals surface area (Å²) in [5.41, 5.74) is 0.732. The van der Waals surface area contributed by atoms with Gasteiger partial charge < -0.3 is 15.7 Å². The van der Waals surface area contributed by atoms with Gasteiger partial charge in [0.25, 0.3) is 0 Å². The number of carboxylic acid groups (broad SMARTS) is 1. The number of halogens is 1. The number of carboxylic acids is 1. The predicted octanol–water partition coefficient (Wildman–Crippen LogP) is 0.200. The van der Waals surface area contributed by atoms with Gasteiger partial charge in [0.15, 0.2) is 0 Å². The molecule has 102 valence electrons. The van der Waals surface area contributed by atoms with Crippen LogP contribution >= 0.6 is 11.6 Å². The molecule has 2 amide bonds. The molecule has 0 bridgehead atoms. The molecule has 19 heavy (non-hydrogen) atoms. The number of carbonyl (C=O) groups excluding carboxylic acids is 2. The lowest BCUT2D eigenvalue weighted by Crippen LogP contribution is -2.39. The fourth-order valence-corrected chi connectivity index (χ4v) is 1.52. The number of aliphatic carboxylic acids is 1. The molecule has 0 aliphatic rings. The van der Waals surface area contributed by atoms with Crippen molar-refractivity contribution in [3.63, 3.8) is 0 Å². The van der Waals surface area contributed by atoms with E-state index in [2.05, 4.69) is 10.6 Å². The van der Waals surface area contributed by atoms with Gasteiger partial charge in [-0.05, 0) is 17.7 Å². The minimum absolute atomic E-state index is 0.104. The molecule has 0 heterocycles. The summed E-state index contributed by atoms with van der Waals surface area (Å²) in [6.45, 7) is -0.727. The number of hydrogen-bond donors (Lipinski definition) is 3. The van der Waals surface area contributed by atoms with Gasteiger partial charge in [-0.1, -0.05) is 23.7 Å². The Balaban J connectivity index is 2.32. The smallest absolute Gasteiger partial charge is 0.322 e. The Kier molecular flexibility index (Phi) is 5.81. The molecule has 0 saturated heterocycles. The van der Waals surface area contributed by atoms with Crippen molar-refractivity contribution in [2.75, 3.05) is 13.1 Å². The summed E-state index contributed by atoms with van der Waals surface area (Å²) < 4.78 is 0. The second-order valence-electron chi connectivity index (χ2n) is 3.75. The Morgan fingerprint density at radius 1 is 1.11 bits per heavy atom. The van der Waals surface area contributed by atoms with Gasteiger partial charge in [0, 0.05) is 5.02 Å². The van der Waals surface area contributed by atoms with Crippen LogP contribution in [0.25, 0.3) is 0 Å². The van der Waals surface area contributed by atoms with Gasteiger partial charge in [-0.25, -0.2) is 0 Å². The minimum Gasteiger partial charge on any atom is -0.480 e. The molecule has 0 fully saturated rings. The first kappa shape index (κ1) is 15.0. The maximum atomic E-state index is 11.5. The Labute approximate surface area is 114 Å². The Morgan fingerprint density at radius 3 is 2.42 bits per heavy atom. The second-order valence-corrected chi connectivity index (χ2v) is 4.19. The molecule has 0 saturated carbocycles. The monoisotopic (exact) mass is 284 g/mol. The summed E-state index contributed by atoms with van der Waals surface area (Å²) >= 11 is 5.78. The van der Waals surface area contributed by atoms with Crippen LogP contribution < -0.4 is 10.6 Å².